The molecule has 0 aliphatic carbocycles. The molecule has 0 spiro atoms. The number of hydrogen-bond donors (Lipinski definition) is 4. The van der Waals surface area contributed by atoms with Gasteiger partial charge in [0.2, 0.25) is 11.9 Å². The summed E-state index contributed by atoms with van der Waals surface area (Å²) in [4.78, 5) is 43.8. The van der Waals surface area contributed by atoms with E-state index in [4.69, 9.17) is 0 Å². The molecule has 0 unspecified atom stereocenters. The van der Waals surface area contributed by atoms with Gasteiger partial charge in [-0.05, 0) is 36.4 Å². The highest BCUT2D eigenvalue weighted by molar-refractivity contribution is 6.11. The molecular weight excluding hydrogens is 425 g/mol. The fourth-order valence-electron chi connectivity index (χ4n) is 3.32. The van der Waals surface area contributed by atoms with E-state index in [2.05, 4.69) is 35.6 Å². The van der Waals surface area contributed by atoms with Crippen LogP contribution in [0.4, 0.5) is 16.3 Å². The molecule has 5 rings (SSSR count). The lowest BCUT2D eigenvalue weighted by Gasteiger charge is -2.05. The Morgan fingerprint density at radius 2 is 1.70 bits per heavy atom. The van der Waals surface area contributed by atoms with E-state index in [0.29, 0.717) is 33.8 Å². The second-order valence-corrected chi connectivity index (χ2v) is 7.05. The topological polar surface area (TPSA) is 128 Å². The largest absolute Gasteiger partial charge is 0.331 e. The second kappa shape index (κ2) is 8.35. The third-order valence-corrected chi connectivity index (χ3v) is 4.82. The maximum atomic E-state index is 13.5. The number of para-hydroxylation sites is 1. The molecule has 0 fully saturated rings. The van der Waals surface area contributed by atoms with Crippen molar-refractivity contribution in [1.82, 2.24) is 24.9 Å². The zero-order valence-electron chi connectivity index (χ0n) is 17.0. The van der Waals surface area contributed by atoms with Crippen molar-refractivity contribution in [1.29, 1.82) is 0 Å². The van der Waals surface area contributed by atoms with Crippen molar-refractivity contribution in [3.05, 3.63) is 90.1 Å². The van der Waals surface area contributed by atoms with Crippen LogP contribution in [-0.2, 0) is 0 Å². The number of nitrogens with zero attached hydrogens (tertiary/aromatic N) is 3. The molecule has 0 aliphatic heterocycles. The molecule has 0 saturated heterocycles. The number of imidazole rings is 2. The number of carbonyl (C=O) groups is 2. The Labute approximate surface area is 186 Å². The number of fused-ring (bicyclic) bond motifs is 1. The quantitative estimate of drug-likeness (QED) is 0.328. The van der Waals surface area contributed by atoms with E-state index < -0.39 is 17.6 Å². The van der Waals surface area contributed by atoms with E-state index in [1.54, 1.807) is 54.7 Å². The first-order chi connectivity index (χ1) is 16.1. The van der Waals surface area contributed by atoms with Crippen LogP contribution in [0.15, 0.2) is 73.1 Å². The predicted molar refractivity (Wildman–Crippen MR) is 120 cm³/mol. The molecule has 5 aromatic rings. The molecule has 33 heavy (non-hydrogen) atoms. The molecule has 2 amide bonds. The maximum Gasteiger partial charge on any atom is 0.276 e. The summed E-state index contributed by atoms with van der Waals surface area (Å²) >= 11 is 0. The van der Waals surface area contributed by atoms with Crippen molar-refractivity contribution in [2.24, 2.45) is 0 Å². The molecule has 0 aliphatic rings. The maximum absolute atomic E-state index is 13.5. The number of amides is 2. The van der Waals surface area contributed by atoms with E-state index in [0.717, 1.165) is 0 Å². The average Bonchev–Trinajstić information content (AvgIpc) is 3.48. The predicted octanol–water partition coefficient (Wildman–Crippen LogP) is 3.99. The van der Waals surface area contributed by atoms with Crippen molar-refractivity contribution in [3.8, 4) is 11.3 Å². The number of rotatable bonds is 5. The number of aromatic nitrogens is 5. The van der Waals surface area contributed by atoms with Gasteiger partial charge in [-0.1, -0.05) is 24.3 Å². The Bertz CT molecular complexity index is 1480. The standard InChI is InChI=1S/C23H16FN7O2/c24-14-5-1-4-13(12-14)16-7-3-9-18(27-16)21(33)31-23-28-17-8-2-6-15(19(17)29-23)20(32)30-22-25-10-11-26-22/h1-12H,(H2,25,26,30,32)(H2,28,29,31,33). The zero-order valence-corrected chi connectivity index (χ0v) is 17.0. The molecule has 0 radical (unpaired) electrons. The monoisotopic (exact) mass is 441 g/mol. The summed E-state index contributed by atoms with van der Waals surface area (Å²) in [6, 6.07) is 15.9. The summed E-state index contributed by atoms with van der Waals surface area (Å²) in [6.45, 7) is 0. The Kier molecular flexibility index (Phi) is 5.07. The molecule has 0 saturated carbocycles. The number of benzene rings is 2. The number of halogens is 1. The zero-order chi connectivity index (χ0) is 22.8. The summed E-state index contributed by atoms with van der Waals surface area (Å²) in [6.07, 6.45) is 3.12. The van der Waals surface area contributed by atoms with Crippen LogP contribution in [0.25, 0.3) is 22.3 Å². The van der Waals surface area contributed by atoms with Gasteiger partial charge < -0.3 is 9.97 Å². The number of pyridine rings is 1. The van der Waals surface area contributed by atoms with Gasteiger partial charge in [-0.2, -0.15) is 0 Å². The van der Waals surface area contributed by atoms with E-state index in [9.17, 15) is 14.0 Å². The number of carbonyl (C=O) groups excluding carboxylic acids is 2. The van der Waals surface area contributed by atoms with Crippen molar-refractivity contribution in [2.45, 2.75) is 0 Å². The molecule has 0 bridgehead atoms. The Morgan fingerprint density at radius 3 is 2.52 bits per heavy atom. The van der Waals surface area contributed by atoms with Crippen LogP contribution in [0.3, 0.4) is 0 Å². The molecule has 162 valence electrons. The molecule has 2 aromatic carbocycles. The molecule has 3 heterocycles. The van der Waals surface area contributed by atoms with Gasteiger partial charge in [0.05, 0.1) is 16.8 Å². The Morgan fingerprint density at radius 1 is 0.879 bits per heavy atom. The molecule has 4 N–H and O–H groups in total. The summed E-state index contributed by atoms with van der Waals surface area (Å²) in [7, 11) is 0. The van der Waals surface area contributed by atoms with Gasteiger partial charge in [0.25, 0.3) is 11.8 Å². The fourth-order valence-corrected chi connectivity index (χ4v) is 3.32. The van der Waals surface area contributed by atoms with Crippen molar-refractivity contribution < 1.29 is 14.0 Å². The lowest BCUT2D eigenvalue weighted by molar-refractivity contribution is 0.101. The lowest BCUT2D eigenvalue weighted by atomic mass is 10.1. The smallest absolute Gasteiger partial charge is 0.276 e. The minimum absolute atomic E-state index is 0.132. The van der Waals surface area contributed by atoms with Crippen molar-refractivity contribution in [2.75, 3.05) is 10.6 Å². The van der Waals surface area contributed by atoms with Crippen LogP contribution in [0.1, 0.15) is 20.8 Å². The molecular formula is C23H16FN7O2. The second-order valence-electron chi connectivity index (χ2n) is 7.05. The van der Waals surface area contributed by atoms with Gasteiger partial charge in [-0.25, -0.2) is 19.3 Å². The van der Waals surface area contributed by atoms with Crippen LogP contribution in [0.5, 0.6) is 0 Å². The van der Waals surface area contributed by atoms with Crippen LogP contribution >= 0.6 is 0 Å². The minimum Gasteiger partial charge on any atom is -0.331 e. The summed E-state index contributed by atoms with van der Waals surface area (Å²) in [5.41, 5.74) is 2.42. The van der Waals surface area contributed by atoms with Gasteiger partial charge in [0.1, 0.15) is 17.0 Å². The van der Waals surface area contributed by atoms with Crippen LogP contribution < -0.4 is 10.6 Å². The number of anilines is 2. The van der Waals surface area contributed by atoms with Gasteiger partial charge in [0.15, 0.2) is 0 Å². The number of aromatic amines is 2. The summed E-state index contributed by atoms with van der Waals surface area (Å²) < 4.78 is 13.5. The third-order valence-electron chi connectivity index (χ3n) is 4.82. The molecule has 9 nitrogen and oxygen atoms in total. The SMILES string of the molecule is O=C(Nc1nc2c(C(=O)Nc3ncc[nH]3)cccc2[nH]1)c1cccc(-c2cccc(F)c2)n1. The first-order valence-electron chi connectivity index (χ1n) is 9.90. The highest BCUT2D eigenvalue weighted by atomic mass is 19.1. The number of nitrogens with one attached hydrogen (secondary N) is 4. The van der Waals surface area contributed by atoms with Crippen LogP contribution in [0.2, 0.25) is 0 Å². The van der Waals surface area contributed by atoms with E-state index in [1.807, 2.05) is 0 Å². The Balaban J connectivity index is 1.39. The van der Waals surface area contributed by atoms with Crippen LogP contribution in [0, 0.1) is 5.82 Å². The fraction of sp³-hybridized carbons (Fsp3) is 0. The van der Waals surface area contributed by atoms with Gasteiger partial charge in [0, 0.05) is 18.0 Å². The molecule has 10 heteroatoms. The third kappa shape index (κ3) is 4.17. The first kappa shape index (κ1) is 20.1. The average molecular weight is 441 g/mol. The number of hydrogen-bond acceptors (Lipinski definition) is 5. The highest BCUT2D eigenvalue weighted by Crippen LogP contribution is 2.21. The Hall–Kier alpha value is -4.86. The van der Waals surface area contributed by atoms with Crippen molar-refractivity contribution >= 4 is 34.7 Å². The van der Waals surface area contributed by atoms with E-state index >= 15 is 0 Å². The van der Waals surface area contributed by atoms with E-state index in [-0.39, 0.29) is 11.6 Å². The molecule has 3 aromatic heterocycles. The minimum atomic E-state index is -0.506. The summed E-state index contributed by atoms with van der Waals surface area (Å²) in [5.74, 6) is -0.826. The van der Waals surface area contributed by atoms with Gasteiger partial charge in [-0.3, -0.25) is 20.2 Å². The van der Waals surface area contributed by atoms with Gasteiger partial charge in [-0.15, -0.1) is 0 Å². The summed E-state index contributed by atoms with van der Waals surface area (Å²) in [5, 5.41) is 5.31. The molecule has 0 atom stereocenters. The number of H-pyrrole nitrogens is 2. The highest BCUT2D eigenvalue weighted by Gasteiger charge is 2.17. The van der Waals surface area contributed by atoms with Crippen LogP contribution in [-0.4, -0.2) is 36.7 Å². The van der Waals surface area contributed by atoms with Crippen molar-refractivity contribution in [3.63, 3.8) is 0 Å². The normalized spacial score (nSPS) is 10.8. The van der Waals surface area contributed by atoms with Gasteiger partial charge >= 0.3 is 0 Å². The lowest BCUT2D eigenvalue weighted by Crippen LogP contribution is -2.15. The van der Waals surface area contributed by atoms with E-state index in [1.165, 1.54) is 18.3 Å². The first-order valence-corrected chi connectivity index (χ1v) is 9.90.